The fourth-order valence-electron chi connectivity index (χ4n) is 2.27. The second-order valence-corrected chi connectivity index (χ2v) is 5.44. The van der Waals surface area contributed by atoms with E-state index in [0.717, 1.165) is 12.1 Å². The average Bonchev–Trinajstić information content (AvgIpc) is 2.66. The third-order valence-corrected chi connectivity index (χ3v) is 3.59. The molecule has 0 atom stereocenters. The smallest absolute Gasteiger partial charge is 0.348 e. The number of rotatable bonds is 4. The Morgan fingerprint density at radius 1 is 1.04 bits per heavy atom. The summed E-state index contributed by atoms with van der Waals surface area (Å²) >= 11 is 0. The van der Waals surface area contributed by atoms with Gasteiger partial charge >= 0.3 is 6.18 Å². The van der Waals surface area contributed by atoms with E-state index in [0.29, 0.717) is 22.4 Å². The highest BCUT2D eigenvalue weighted by molar-refractivity contribution is 5.94. The quantitative estimate of drug-likeness (QED) is 0.775. The molecule has 0 fully saturated rings. The Kier molecular flexibility index (Phi) is 4.92. The first-order valence-corrected chi connectivity index (χ1v) is 7.59. The Hall–Kier alpha value is -3.29. The molecule has 8 heteroatoms. The van der Waals surface area contributed by atoms with Gasteiger partial charge in [-0.3, -0.25) is 9.78 Å². The molecule has 0 bridgehead atoms. The van der Waals surface area contributed by atoms with E-state index in [1.54, 1.807) is 24.5 Å². The van der Waals surface area contributed by atoms with E-state index in [9.17, 15) is 18.0 Å². The molecule has 1 N–H and O–H groups in total. The summed E-state index contributed by atoms with van der Waals surface area (Å²) in [6.45, 7) is -0.0168. The fourth-order valence-corrected chi connectivity index (χ4v) is 2.27. The number of carbonyl (C=O) groups excluding carboxylic acids is 1. The third-order valence-electron chi connectivity index (χ3n) is 3.59. The number of nitrogens with one attached hydrogen (secondary N) is 1. The number of pyridine rings is 1. The van der Waals surface area contributed by atoms with Gasteiger partial charge in [0.1, 0.15) is 6.33 Å². The van der Waals surface area contributed by atoms with E-state index in [1.807, 2.05) is 0 Å². The van der Waals surface area contributed by atoms with Crippen LogP contribution in [0.3, 0.4) is 0 Å². The van der Waals surface area contributed by atoms with Crippen LogP contribution in [0.2, 0.25) is 0 Å². The number of benzene rings is 1. The summed E-state index contributed by atoms with van der Waals surface area (Å²) < 4.78 is 38.1. The maximum Gasteiger partial charge on any atom is 0.416 e. The molecule has 0 spiro atoms. The largest absolute Gasteiger partial charge is 0.416 e. The van der Waals surface area contributed by atoms with Crippen molar-refractivity contribution in [3.63, 3.8) is 0 Å². The minimum Gasteiger partial charge on any atom is -0.348 e. The predicted molar refractivity (Wildman–Crippen MR) is 87.9 cm³/mol. The highest BCUT2D eigenvalue weighted by atomic mass is 19.4. The topological polar surface area (TPSA) is 67.8 Å². The third kappa shape index (κ3) is 4.21. The van der Waals surface area contributed by atoms with Crippen molar-refractivity contribution in [2.24, 2.45) is 0 Å². The molecule has 2 aromatic heterocycles. The first-order chi connectivity index (χ1) is 12.4. The standard InChI is InChI=1S/C18H13F3N4O/c19-18(20,21)15-3-1-2-12(6-15)7-25-17(26)13-4-5-16(24-10-13)14-8-22-11-23-9-14/h1-6,8-11H,7H2,(H,25,26). The Bertz CT molecular complexity index is 896. The summed E-state index contributed by atoms with van der Waals surface area (Å²) in [4.78, 5) is 24.1. The minimum atomic E-state index is -4.42. The van der Waals surface area contributed by atoms with E-state index >= 15 is 0 Å². The van der Waals surface area contributed by atoms with Gasteiger partial charge in [0.2, 0.25) is 0 Å². The molecule has 1 aromatic carbocycles. The Labute approximate surface area is 147 Å². The molecular weight excluding hydrogens is 345 g/mol. The van der Waals surface area contributed by atoms with Gasteiger partial charge in [-0.1, -0.05) is 12.1 Å². The van der Waals surface area contributed by atoms with Crippen LogP contribution < -0.4 is 5.32 Å². The van der Waals surface area contributed by atoms with Gasteiger partial charge in [-0.05, 0) is 29.8 Å². The first kappa shape index (κ1) is 17.5. The Morgan fingerprint density at radius 3 is 2.46 bits per heavy atom. The molecule has 0 unspecified atom stereocenters. The molecule has 132 valence electrons. The number of alkyl halides is 3. The lowest BCUT2D eigenvalue weighted by Gasteiger charge is -2.10. The number of nitrogens with zero attached hydrogens (tertiary/aromatic N) is 3. The van der Waals surface area contributed by atoms with Gasteiger partial charge in [-0.25, -0.2) is 9.97 Å². The molecule has 3 rings (SSSR count). The van der Waals surface area contributed by atoms with Crippen molar-refractivity contribution in [3.05, 3.63) is 78.0 Å². The lowest BCUT2D eigenvalue weighted by Crippen LogP contribution is -2.23. The average molecular weight is 358 g/mol. The van der Waals surface area contributed by atoms with Crippen molar-refractivity contribution in [2.45, 2.75) is 12.7 Å². The second-order valence-electron chi connectivity index (χ2n) is 5.44. The van der Waals surface area contributed by atoms with Gasteiger partial charge in [0.15, 0.2) is 0 Å². The summed E-state index contributed by atoms with van der Waals surface area (Å²) in [5.74, 6) is -0.425. The lowest BCUT2D eigenvalue weighted by atomic mass is 10.1. The lowest BCUT2D eigenvalue weighted by molar-refractivity contribution is -0.137. The van der Waals surface area contributed by atoms with Gasteiger partial charge in [0, 0.05) is 30.7 Å². The fraction of sp³-hybridized carbons (Fsp3) is 0.111. The van der Waals surface area contributed by atoms with Crippen molar-refractivity contribution in [1.82, 2.24) is 20.3 Å². The summed E-state index contributed by atoms with van der Waals surface area (Å²) in [7, 11) is 0. The van der Waals surface area contributed by atoms with E-state index in [4.69, 9.17) is 0 Å². The predicted octanol–water partition coefficient (Wildman–Crippen LogP) is 3.49. The van der Waals surface area contributed by atoms with Gasteiger partial charge < -0.3 is 5.32 Å². The number of halogens is 3. The van der Waals surface area contributed by atoms with Crippen LogP contribution in [-0.2, 0) is 12.7 Å². The van der Waals surface area contributed by atoms with Crippen LogP contribution in [0.15, 0.2) is 61.3 Å². The number of aromatic nitrogens is 3. The van der Waals surface area contributed by atoms with Crippen molar-refractivity contribution in [3.8, 4) is 11.3 Å². The van der Waals surface area contributed by atoms with E-state index in [2.05, 4.69) is 20.3 Å². The number of carbonyl (C=O) groups is 1. The van der Waals surface area contributed by atoms with Crippen molar-refractivity contribution < 1.29 is 18.0 Å². The second kappa shape index (κ2) is 7.30. The van der Waals surface area contributed by atoms with Gasteiger partial charge in [-0.2, -0.15) is 13.2 Å². The van der Waals surface area contributed by atoms with Gasteiger partial charge in [0.05, 0.1) is 16.8 Å². The van der Waals surface area contributed by atoms with Crippen LogP contribution in [-0.4, -0.2) is 20.9 Å². The van der Waals surface area contributed by atoms with Crippen LogP contribution in [0, 0.1) is 0 Å². The maximum atomic E-state index is 12.7. The van der Waals surface area contributed by atoms with Crippen molar-refractivity contribution in [2.75, 3.05) is 0 Å². The molecule has 0 saturated carbocycles. The molecule has 2 heterocycles. The van der Waals surface area contributed by atoms with E-state index in [1.165, 1.54) is 24.7 Å². The van der Waals surface area contributed by atoms with Crippen LogP contribution >= 0.6 is 0 Å². The van der Waals surface area contributed by atoms with Gasteiger partial charge in [0.25, 0.3) is 5.91 Å². The highest BCUT2D eigenvalue weighted by Crippen LogP contribution is 2.29. The SMILES string of the molecule is O=C(NCc1cccc(C(F)(F)F)c1)c1ccc(-c2cncnc2)nc1. The van der Waals surface area contributed by atoms with E-state index in [-0.39, 0.29) is 6.54 Å². The highest BCUT2D eigenvalue weighted by Gasteiger charge is 2.30. The minimum absolute atomic E-state index is 0.0168. The van der Waals surface area contributed by atoms with Crippen molar-refractivity contribution in [1.29, 1.82) is 0 Å². The molecule has 26 heavy (non-hydrogen) atoms. The number of amides is 1. The number of hydrogen-bond acceptors (Lipinski definition) is 4. The number of hydrogen-bond donors (Lipinski definition) is 1. The molecule has 3 aromatic rings. The summed E-state index contributed by atoms with van der Waals surface area (Å²) in [5, 5.41) is 2.58. The van der Waals surface area contributed by atoms with Crippen LogP contribution in [0.1, 0.15) is 21.5 Å². The molecular formula is C18H13F3N4O. The summed E-state index contributed by atoms with van der Waals surface area (Å²) in [5.41, 5.74) is 1.24. The monoisotopic (exact) mass is 358 g/mol. The Balaban J connectivity index is 1.65. The molecule has 1 amide bonds. The maximum absolute atomic E-state index is 12.7. The summed E-state index contributed by atoms with van der Waals surface area (Å²) in [6.07, 6.45) is 1.58. The zero-order valence-electron chi connectivity index (χ0n) is 13.4. The normalized spacial score (nSPS) is 11.2. The van der Waals surface area contributed by atoms with E-state index < -0.39 is 17.6 Å². The zero-order valence-corrected chi connectivity index (χ0v) is 13.4. The Morgan fingerprint density at radius 2 is 1.81 bits per heavy atom. The van der Waals surface area contributed by atoms with Crippen LogP contribution in [0.4, 0.5) is 13.2 Å². The van der Waals surface area contributed by atoms with Gasteiger partial charge in [-0.15, -0.1) is 0 Å². The molecule has 5 nitrogen and oxygen atoms in total. The molecule has 0 radical (unpaired) electrons. The molecule has 0 aliphatic carbocycles. The van der Waals surface area contributed by atoms with Crippen LogP contribution in [0.25, 0.3) is 11.3 Å². The first-order valence-electron chi connectivity index (χ1n) is 7.59. The van der Waals surface area contributed by atoms with Crippen molar-refractivity contribution >= 4 is 5.91 Å². The molecule has 0 aliphatic rings. The zero-order chi connectivity index (χ0) is 18.6. The summed E-state index contributed by atoms with van der Waals surface area (Å²) in [6, 6.07) is 8.06. The molecule has 0 aliphatic heterocycles. The van der Waals surface area contributed by atoms with Crippen LogP contribution in [0.5, 0.6) is 0 Å². The molecule has 0 saturated heterocycles.